The Bertz CT molecular complexity index is 359. The van der Waals surface area contributed by atoms with Crippen LogP contribution in [0.15, 0.2) is 0 Å². The third kappa shape index (κ3) is 4.68. The first-order valence-corrected chi connectivity index (χ1v) is 8.05. The summed E-state index contributed by atoms with van der Waals surface area (Å²) in [6, 6.07) is -0.0879. The summed E-state index contributed by atoms with van der Waals surface area (Å²) in [6.45, 7) is 6.86. The largest absolute Gasteiger partial charge is 0.480 e. The van der Waals surface area contributed by atoms with Gasteiger partial charge in [-0.1, -0.05) is 12.8 Å². The molecule has 0 spiro atoms. The van der Waals surface area contributed by atoms with E-state index in [0.29, 0.717) is 0 Å². The van der Waals surface area contributed by atoms with Gasteiger partial charge in [-0.3, -0.25) is 19.4 Å². The van der Waals surface area contributed by atoms with Crippen LogP contribution in [0.3, 0.4) is 0 Å². The summed E-state index contributed by atoms with van der Waals surface area (Å²) in [7, 11) is 0. The average molecular weight is 297 g/mol. The molecule has 1 atom stereocenters. The van der Waals surface area contributed by atoms with Crippen LogP contribution in [0.25, 0.3) is 0 Å². The van der Waals surface area contributed by atoms with Crippen molar-refractivity contribution in [1.29, 1.82) is 0 Å². The quantitative estimate of drug-likeness (QED) is 0.818. The molecule has 1 unspecified atom stereocenters. The fraction of sp³-hybridized carbons (Fsp3) is 0.867. The second-order valence-corrected chi connectivity index (χ2v) is 6.12. The van der Waals surface area contributed by atoms with Gasteiger partial charge in [0.05, 0.1) is 12.6 Å². The van der Waals surface area contributed by atoms with E-state index in [1.54, 1.807) is 0 Å². The van der Waals surface area contributed by atoms with Crippen LogP contribution in [-0.2, 0) is 9.59 Å². The van der Waals surface area contributed by atoms with Crippen molar-refractivity contribution in [1.82, 2.24) is 14.7 Å². The fourth-order valence-corrected chi connectivity index (χ4v) is 3.21. The summed E-state index contributed by atoms with van der Waals surface area (Å²) in [5, 5.41) is 8.81. The predicted octanol–water partition coefficient (Wildman–Crippen LogP) is 0.480. The Hall–Kier alpha value is -1.14. The monoisotopic (exact) mass is 297 g/mol. The topological polar surface area (TPSA) is 64.1 Å². The number of hydrogen-bond acceptors (Lipinski definition) is 4. The summed E-state index contributed by atoms with van der Waals surface area (Å²) in [6.07, 6.45) is 4.69. The molecule has 0 aromatic rings. The van der Waals surface area contributed by atoms with Crippen LogP contribution in [0, 0.1) is 0 Å². The molecule has 21 heavy (non-hydrogen) atoms. The lowest BCUT2D eigenvalue weighted by Gasteiger charge is -2.38. The number of hydrogen-bond donors (Lipinski definition) is 1. The number of piperazine rings is 1. The van der Waals surface area contributed by atoms with Crippen LogP contribution >= 0.6 is 0 Å². The van der Waals surface area contributed by atoms with Gasteiger partial charge in [0.2, 0.25) is 5.91 Å². The molecule has 0 saturated carbocycles. The van der Waals surface area contributed by atoms with Crippen LogP contribution in [0.1, 0.15) is 32.6 Å². The molecule has 0 aromatic heterocycles. The van der Waals surface area contributed by atoms with Crippen molar-refractivity contribution in [3.63, 3.8) is 0 Å². The maximum Gasteiger partial charge on any atom is 0.317 e. The van der Waals surface area contributed by atoms with Crippen molar-refractivity contribution in [2.75, 3.05) is 45.8 Å². The molecule has 6 nitrogen and oxygen atoms in total. The second kappa shape index (κ2) is 7.75. The number of nitrogens with zero attached hydrogens (tertiary/aromatic N) is 3. The lowest BCUT2D eigenvalue weighted by molar-refractivity contribution is -0.141. The molecule has 0 aromatic carbocycles. The number of aliphatic carboxylic acids is 1. The number of carbonyl (C=O) groups excluding carboxylic acids is 1. The lowest BCUT2D eigenvalue weighted by atomic mass is 10.2. The second-order valence-electron chi connectivity index (χ2n) is 6.12. The SMILES string of the molecule is CC(C(=O)N1CCCCCC1)N1CCN(CC(=O)O)CC1. The molecule has 0 aliphatic carbocycles. The summed E-state index contributed by atoms with van der Waals surface area (Å²) < 4.78 is 0. The van der Waals surface area contributed by atoms with Gasteiger partial charge in [-0.25, -0.2) is 0 Å². The number of carboxylic acid groups (broad SMARTS) is 1. The highest BCUT2D eigenvalue weighted by atomic mass is 16.4. The Kier molecular flexibility index (Phi) is 5.99. The van der Waals surface area contributed by atoms with Crippen molar-refractivity contribution < 1.29 is 14.7 Å². The number of amides is 1. The first-order valence-electron chi connectivity index (χ1n) is 8.05. The first kappa shape index (κ1) is 16.2. The zero-order valence-electron chi connectivity index (χ0n) is 13.0. The third-order valence-electron chi connectivity index (χ3n) is 4.59. The van der Waals surface area contributed by atoms with Crippen molar-refractivity contribution in [3.8, 4) is 0 Å². The van der Waals surface area contributed by atoms with E-state index in [4.69, 9.17) is 5.11 Å². The van der Waals surface area contributed by atoms with E-state index in [1.165, 1.54) is 12.8 Å². The predicted molar refractivity (Wildman–Crippen MR) is 80.2 cm³/mol. The van der Waals surface area contributed by atoms with Gasteiger partial charge in [0.25, 0.3) is 0 Å². The fourth-order valence-electron chi connectivity index (χ4n) is 3.21. The number of likely N-dealkylation sites (tertiary alicyclic amines) is 1. The van der Waals surface area contributed by atoms with Crippen LogP contribution in [0.4, 0.5) is 0 Å². The molecule has 2 fully saturated rings. The van der Waals surface area contributed by atoms with E-state index in [1.807, 2.05) is 16.7 Å². The standard InChI is InChI=1S/C15H27N3O3/c1-13(15(21)18-6-4-2-3-5-7-18)17-10-8-16(9-11-17)12-14(19)20/h13H,2-12H2,1H3,(H,19,20). The molecule has 6 heteroatoms. The Labute approximate surface area is 126 Å². The molecule has 2 heterocycles. The van der Waals surface area contributed by atoms with Gasteiger partial charge < -0.3 is 10.0 Å². The van der Waals surface area contributed by atoms with E-state index < -0.39 is 5.97 Å². The van der Waals surface area contributed by atoms with Crippen LogP contribution in [-0.4, -0.2) is 83.5 Å². The summed E-state index contributed by atoms with van der Waals surface area (Å²) in [4.78, 5) is 29.4. The molecular weight excluding hydrogens is 270 g/mol. The summed E-state index contributed by atoms with van der Waals surface area (Å²) >= 11 is 0. The molecule has 2 aliphatic rings. The van der Waals surface area contributed by atoms with E-state index in [0.717, 1.165) is 52.1 Å². The van der Waals surface area contributed by atoms with Crippen molar-refractivity contribution >= 4 is 11.9 Å². The minimum absolute atomic E-state index is 0.0879. The Morgan fingerprint density at radius 3 is 2.05 bits per heavy atom. The average Bonchev–Trinajstić information content (AvgIpc) is 2.75. The van der Waals surface area contributed by atoms with Gasteiger partial charge in [-0.05, 0) is 19.8 Å². The molecule has 0 bridgehead atoms. The normalized spacial score (nSPS) is 23.6. The van der Waals surface area contributed by atoms with Gasteiger partial charge in [0.15, 0.2) is 0 Å². The van der Waals surface area contributed by atoms with Gasteiger partial charge >= 0.3 is 5.97 Å². The minimum atomic E-state index is -0.780. The highest BCUT2D eigenvalue weighted by molar-refractivity contribution is 5.81. The first-order chi connectivity index (χ1) is 10.1. The maximum absolute atomic E-state index is 12.6. The van der Waals surface area contributed by atoms with Crippen LogP contribution in [0.2, 0.25) is 0 Å². The Morgan fingerprint density at radius 2 is 1.52 bits per heavy atom. The van der Waals surface area contributed by atoms with Crippen LogP contribution < -0.4 is 0 Å². The molecular formula is C15H27N3O3. The molecule has 2 saturated heterocycles. The lowest BCUT2D eigenvalue weighted by Crippen LogP contribution is -2.55. The molecule has 1 amide bonds. The molecule has 2 aliphatic heterocycles. The van der Waals surface area contributed by atoms with Crippen molar-refractivity contribution in [2.45, 2.75) is 38.6 Å². The summed E-state index contributed by atoms with van der Waals surface area (Å²) in [5.74, 6) is -0.541. The Morgan fingerprint density at radius 1 is 0.952 bits per heavy atom. The zero-order valence-corrected chi connectivity index (χ0v) is 13.0. The Balaban J connectivity index is 1.81. The highest BCUT2D eigenvalue weighted by Gasteiger charge is 2.29. The molecule has 0 radical (unpaired) electrons. The minimum Gasteiger partial charge on any atom is -0.480 e. The van der Waals surface area contributed by atoms with Crippen molar-refractivity contribution in [2.24, 2.45) is 0 Å². The number of carboxylic acids is 1. The third-order valence-corrected chi connectivity index (χ3v) is 4.59. The van der Waals surface area contributed by atoms with E-state index >= 15 is 0 Å². The smallest absolute Gasteiger partial charge is 0.317 e. The van der Waals surface area contributed by atoms with Gasteiger partial charge in [-0.15, -0.1) is 0 Å². The highest BCUT2D eigenvalue weighted by Crippen LogP contribution is 2.14. The summed E-state index contributed by atoms with van der Waals surface area (Å²) in [5.41, 5.74) is 0. The number of carbonyl (C=O) groups is 2. The molecule has 1 N–H and O–H groups in total. The van der Waals surface area contributed by atoms with E-state index in [2.05, 4.69) is 4.90 Å². The van der Waals surface area contributed by atoms with Gasteiger partial charge in [0, 0.05) is 39.3 Å². The van der Waals surface area contributed by atoms with E-state index in [-0.39, 0.29) is 18.5 Å². The number of rotatable bonds is 4. The van der Waals surface area contributed by atoms with E-state index in [9.17, 15) is 9.59 Å². The molecule has 2 rings (SSSR count). The van der Waals surface area contributed by atoms with Crippen LogP contribution in [0.5, 0.6) is 0 Å². The van der Waals surface area contributed by atoms with Gasteiger partial charge in [0.1, 0.15) is 0 Å². The maximum atomic E-state index is 12.6. The van der Waals surface area contributed by atoms with Crippen molar-refractivity contribution in [3.05, 3.63) is 0 Å². The van der Waals surface area contributed by atoms with Gasteiger partial charge in [-0.2, -0.15) is 0 Å². The zero-order chi connectivity index (χ0) is 15.2. The molecule has 120 valence electrons.